The Bertz CT molecular complexity index is 461. The quantitative estimate of drug-likeness (QED) is 0.789. The number of ether oxygens (including phenoxy) is 1. The van der Waals surface area contributed by atoms with Crippen LogP contribution < -0.4 is 4.74 Å². The second-order valence-corrected chi connectivity index (χ2v) is 3.99. The van der Waals surface area contributed by atoms with Crippen LogP contribution >= 0.6 is 0 Å². The van der Waals surface area contributed by atoms with Gasteiger partial charge in [-0.15, -0.1) is 0 Å². The molecule has 0 N–H and O–H groups in total. The first-order chi connectivity index (χ1) is 7.72. The fourth-order valence-electron chi connectivity index (χ4n) is 1.70. The standard InChI is InChI=1S/C13H15NO2/c1-9(2)11-8-10(4-5-13(11)15-3)12-6-7-14-16-12/h4-9H,1-3H3. The number of hydrogen-bond donors (Lipinski definition) is 0. The van der Waals surface area contributed by atoms with E-state index < -0.39 is 0 Å². The summed E-state index contributed by atoms with van der Waals surface area (Å²) in [6, 6.07) is 7.88. The topological polar surface area (TPSA) is 35.3 Å². The van der Waals surface area contributed by atoms with E-state index in [0.717, 1.165) is 17.1 Å². The van der Waals surface area contributed by atoms with Gasteiger partial charge >= 0.3 is 0 Å². The molecule has 0 aliphatic heterocycles. The van der Waals surface area contributed by atoms with Gasteiger partial charge in [0.1, 0.15) is 5.75 Å². The molecule has 0 aliphatic rings. The summed E-state index contributed by atoms with van der Waals surface area (Å²) in [5.41, 5.74) is 2.21. The number of nitrogens with zero attached hydrogens (tertiary/aromatic N) is 1. The summed E-state index contributed by atoms with van der Waals surface area (Å²) < 4.78 is 10.5. The summed E-state index contributed by atoms with van der Waals surface area (Å²) in [6.07, 6.45) is 1.65. The van der Waals surface area contributed by atoms with Crippen molar-refractivity contribution in [1.82, 2.24) is 5.16 Å². The minimum atomic E-state index is 0.415. The molecule has 0 aliphatic carbocycles. The zero-order valence-electron chi connectivity index (χ0n) is 9.73. The zero-order valence-corrected chi connectivity index (χ0v) is 9.73. The van der Waals surface area contributed by atoms with E-state index in [0.29, 0.717) is 5.92 Å². The monoisotopic (exact) mass is 217 g/mol. The number of benzene rings is 1. The molecule has 0 fully saturated rings. The largest absolute Gasteiger partial charge is 0.496 e. The molecular formula is C13H15NO2. The van der Waals surface area contributed by atoms with Gasteiger partial charge in [-0.1, -0.05) is 19.0 Å². The Morgan fingerprint density at radius 1 is 1.25 bits per heavy atom. The Balaban J connectivity index is 2.47. The van der Waals surface area contributed by atoms with Gasteiger partial charge in [-0.25, -0.2) is 0 Å². The SMILES string of the molecule is COc1ccc(-c2ccno2)cc1C(C)C. The molecule has 0 atom stereocenters. The molecule has 0 radical (unpaired) electrons. The van der Waals surface area contributed by atoms with Gasteiger partial charge in [0.05, 0.1) is 13.3 Å². The fourth-order valence-corrected chi connectivity index (χ4v) is 1.70. The molecular weight excluding hydrogens is 202 g/mol. The first kappa shape index (κ1) is 10.7. The third kappa shape index (κ3) is 1.94. The number of methoxy groups -OCH3 is 1. The van der Waals surface area contributed by atoms with Crippen molar-refractivity contribution in [2.24, 2.45) is 0 Å². The maximum absolute atomic E-state index is 5.33. The highest BCUT2D eigenvalue weighted by molar-refractivity contribution is 5.60. The van der Waals surface area contributed by atoms with Crippen molar-refractivity contribution in [3.8, 4) is 17.1 Å². The van der Waals surface area contributed by atoms with Gasteiger partial charge in [-0.3, -0.25) is 0 Å². The highest BCUT2D eigenvalue weighted by Gasteiger charge is 2.10. The Morgan fingerprint density at radius 3 is 2.62 bits per heavy atom. The van der Waals surface area contributed by atoms with Crippen molar-refractivity contribution in [3.05, 3.63) is 36.0 Å². The third-order valence-electron chi connectivity index (χ3n) is 2.57. The fraction of sp³-hybridized carbons (Fsp3) is 0.308. The highest BCUT2D eigenvalue weighted by Crippen LogP contribution is 2.31. The Morgan fingerprint density at radius 2 is 2.06 bits per heavy atom. The van der Waals surface area contributed by atoms with Gasteiger partial charge in [0.15, 0.2) is 5.76 Å². The molecule has 0 unspecified atom stereocenters. The second kappa shape index (κ2) is 4.39. The Kier molecular flexibility index (Phi) is 2.95. The van der Waals surface area contributed by atoms with Crippen LogP contribution in [-0.4, -0.2) is 12.3 Å². The average Bonchev–Trinajstić information content (AvgIpc) is 2.81. The molecule has 0 amide bonds. The van der Waals surface area contributed by atoms with Crippen LogP contribution in [0.1, 0.15) is 25.3 Å². The second-order valence-electron chi connectivity index (χ2n) is 3.99. The van der Waals surface area contributed by atoms with Crippen molar-refractivity contribution in [2.75, 3.05) is 7.11 Å². The molecule has 1 aromatic heterocycles. The molecule has 3 heteroatoms. The molecule has 3 nitrogen and oxygen atoms in total. The van der Waals surface area contributed by atoms with Crippen LogP contribution in [0.5, 0.6) is 5.75 Å². The molecule has 2 aromatic rings. The van der Waals surface area contributed by atoms with Crippen LogP contribution in [0.15, 0.2) is 35.0 Å². The molecule has 16 heavy (non-hydrogen) atoms. The number of rotatable bonds is 3. The number of aromatic nitrogens is 1. The maximum atomic E-state index is 5.33. The molecule has 0 spiro atoms. The molecule has 0 saturated heterocycles. The lowest BCUT2D eigenvalue weighted by Crippen LogP contribution is -1.94. The minimum absolute atomic E-state index is 0.415. The van der Waals surface area contributed by atoms with Crippen molar-refractivity contribution < 1.29 is 9.26 Å². The van der Waals surface area contributed by atoms with E-state index in [1.54, 1.807) is 13.3 Å². The van der Waals surface area contributed by atoms with E-state index in [4.69, 9.17) is 9.26 Å². The molecule has 0 saturated carbocycles. The molecule has 84 valence electrons. The molecule has 0 bridgehead atoms. The van der Waals surface area contributed by atoms with E-state index in [-0.39, 0.29) is 0 Å². The van der Waals surface area contributed by atoms with Crippen LogP contribution in [-0.2, 0) is 0 Å². The van der Waals surface area contributed by atoms with Crippen LogP contribution in [0, 0.1) is 0 Å². The minimum Gasteiger partial charge on any atom is -0.496 e. The van der Waals surface area contributed by atoms with Crippen molar-refractivity contribution in [1.29, 1.82) is 0 Å². The molecule has 1 heterocycles. The van der Waals surface area contributed by atoms with Crippen LogP contribution in [0.4, 0.5) is 0 Å². The maximum Gasteiger partial charge on any atom is 0.166 e. The normalized spacial score (nSPS) is 10.8. The highest BCUT2D eigenvalue weighted by atomic mass is 16.5. The Hall–Kier alpha value is -1.77. The van der Waals surface area contributed by atoms with Crippen LogP contribution in [0.2, 0.25) is 0 Å². The first-order valence-corrected chi connectivity index (χ1v) is 5.31. The molecule has 1 aromatic carbocycles. The van der Waals surface area contributed by atoms with E-state index in [1.165, 1.54) is 5.56 Å². The smallest absolute Gasteiger partial charge is 0.166 e. The van der Waals surface area contributed by atoms with Gasteiger partial charge in [0.25, 0.3) is 0 Å². The van der Waals surface area contributed by atoms with Gasteiger partial charge in [0.2, 0.25) is 0 Å². The summed E-state index contributed by atoms with van der Waals surface area (Å²) in [5, 5.41) is 3.71. The van der Waals surface area contributed by atoms with E-state index in [9.17, 15) is 0 Å². The molecule has 2 rings (SSSR count). The first-order valence-electron chi connectivity index (χ1n) is 5.31. The number of hydrogen-bond acceptors (Lipinski definition) is 3. The summed E-state index contributed by atoms with van der Waals surface area (Å²) in [6.45, 7) is 4.28. The van der Waals surface area contributed by atoms with Crippen molar-refractivity contribution in [2.45, 2.75) is 19.8 Å². The third-order valence-corrected chi connectivity index (χ3v) is 2.57. The van der Waals surface area contributed by atoms with Gasteiger partial charge in [-0.2, -0.15) is 0 Å². The van der Waals surface area contributed by atoms with Gasteiger partial charge in [0, 0.05) is 11.6 Å². The summed E-state index contributed by atoms with van der Waals surface area (Å²) in [4.78, 5) is 0. The summed E-state index contributed by atoms with van der Waals surface area (Å²) >= 11 is 0. The summed E-state index contributed by atoms with van der Waals surface area (Å²) in [5.74, 6) is 2.11. The lowest BCUT2D eigenvalue weighted by molar-refractivity contribution is 0.407. The van der Waals surface area contributed by atoms with E-state index in [1.807, 2.05) is 18.2 Å². The van der Waals surface area contributed by atoms with E-state index in [2.05, 4.69) is 25.1 Å². The van der Waals surface area contributed by atoms with Crippen molar-refractivity contribution in [3.63, 3.8) is 0 Å². The van der Waals surface area contributed by atoms with E-state index >= 15 is 0 Å². The average molecular weight is 217 g/mol. The van der Waals surface area contributed by atoms with Gasteiger partial charge in [-0.05, 0) is 29.7 Å². The van der Waals surface area contributed by atoms with Gasteiger partial charge < -0.3 is 9.26 Å². The zero-order chi connectivity index (χ0) is 11.5. The lowest BCUT2D eigenvalue weighted by atomic mass is 9.99. The predicted molar refractivity (Wildman–Crippen MR) is 62.6 cm³/mol. The predicted octanol–water partition coefficient (Wildman–Crippen LogP) is 3.47. The van der Waals surface area contributed by atoms with Crippen LogP contribution in [0.3, 0.4) is 0 Å². The van der Waals surface area contributed by atoms with Crippen LogP contribution in [0.25, 0.3) is 11.3 Å². The Labute approximate surface area is 95.0 Å². The van der Waals surface area contributed by atoms with Crippen molar-refractivity contribution >= 4 is 0 Å². The lowest BCUT2D eigenvalue weighted by Gasteiger charge is -2.12. The summed E-state index contributed by atoms with van der Waals surface area (Å²) in [7, 11) is 1.69.